The number of hydrogen-bond donors (Lipinski definition) is 0. The number of nitrogens with zero attached hydrogens (tertiary/aromatic N) is 2. The molecule has 6 rings (SSSR count). The minimum Gasteiger partial charge on any atom is -0.497 e. The van der Waals surface area contributed by atoms with Crippen LogP contribution in [0.25, 0.3) is 15.9 Å². The summed E-state index contributed by atoms with van der Waals surface area (Å²) in [6.07, 6.45) is 1.59. The Morgan fingerprint density at radius 2 is 1.97 bits per heavy atom. The van der Waals surface area contributed by atoms with Gasteiger partial charge < -0.3 is 18.9 Å². The first-order valence-corrected chi connectivity index (χ1v) is 13.7. The average Bonchev–Trinajstić information content (AvgIpc) is 3.51. The molecule has 0 saturated heterocycles. The molecule has 0 spiro atoms. The molecule has 1 atom stereocenters. The molecule has 0 saturated carbocycles. The second kappa shape index (κ2) is 9.14. The van der Waals surface area contributed by atoms with Crippen LogP contribution < -0.4 is 19.8 Å². The van der Waals surface area contributed by atoms with Crippen molar-refractivity contribution in [1.82, 2.24) is 9.55 Å². The molecule has 0 radical (unpaired) electrons. The van der Waals surface area contributed by atoms with E-state index in [-0.39, 0.29) is 18.0 Å². The van der Waals surface area contributed by atoms with Crippen molar-refractivity contribution >= 4 is 33.3 Å². The Morgan fingerprint density at radius 1 is 1.17 bits per heavy atom. The number of methoxy groups -OCH3 is 1. The highest BCUT2D eigenvalue weighted by Crippen LogP contribution is 2.40. The molecule has 0 amide bonds. The number of benzene rings is 2. The number of hydrogen-bond acceptors (Lipinski definition) is 8. The lowest BCUT2D eigenvalue weighted by Gasteiger charge is -2.32. The normalized spacial score (nSPS) is 18.4. The molecule has 7 nitrogen and oxygen atoms in total. The van der Waals surface area contributed by atoms with Gasteiger partial charge in [-0.1, -0.05) is 24.8 Å². The summed E-state index contributed by atoms with van der Waals surface area (Å²) in [6, 6.07) is 13.4. The Balaban J connectivity index is 1.46. The van der Waals surface area contributed by atoms with Crippen molar-refractivity contribution in [2.24, 2.45) is 0 Å². The average molecular weight is 523 g/mol. The molecule has 2 aromatic heterocycles. The van der Waals surface area contributed by atoms with Crippen molar-refractivity contribution in [1.29, 1.82) is 0 Å². The molecular weight excluding hydrogens is 496 g/mol. The van der Waals surface area contributed by atoms with Crippen LogP contribution in [0.2, 0.25) is 0 Å². The van der Waals surface area contributed by atoms with E-state index in [1.807, 2.05) is 42.5 Å². The first-order valence-electron chi connectivity index (χ1n) is 11.8. The Morgan fingerprint density at radius 3 is 2.75 bits per heavy atom. The largest absolute Gasteiger partial charge is 0.497 e. The van der Waals surface area contributed by atoms with E-state index in [1.54, 1.807) is 23.0 Å². The van der Waals surface area contributed by atoms with Crippen LogP contribution in [-0.2, 0) is 23.5 Å². The minimum atomic E-state index is -0.273. The van der Waals surface area contributed by atoms with Crippen LogP contribution in [0.5, 0.6) is 17.2 Å². The van der Waals surface area contributed by atoms with E-state index in [0.29, 0.717) is 29.3 Å². The molecule has 2 aliphatic heterocycles. The molecule has 0 bridgehead atoms. The van der Waals surface area contributed by atoms with Gasteiger partial charge >= 0.3 is 0 Å². The lowest BCUT2D eigenvalue weighted by atomic mass is 9.90. The lowest BCUT2D eigenvalue weighted by molar-refractivity contribution is -0.0543. The summed E-state index contributed by atoms with van der Waals surface area (Å²) >= 11 is 3.10. The van der Waals surface area contributed by atoms with Gasteiger partial charge in [0.05, 0.1) is 30.4 Å². The first kappa shape index (κ1) is 23.4. The summed E-state index contributed by atoms with van der Waals surface area (Å²) in [6.45, 7) is 5.00. The Kier molecular flexibility index (Phi) is 5.94. The zero-order valence-corrected chi connectivity index (χ0v) is 22.0. The molecule has 2 aliphatic rings. The number of aromatic nitrogens is 2. The van der Waals surface area contributed by atoms with E-state index in [9.17, 15) is 4.79 Å². The van der Waals surface area contributed by atoms with Crippen LogP contribution in [0, 0.1) is 0 Å². The van der Waals surface area contributed by atoms with Gasteiger partial charge in [0, 0.05) is 17.1 Å². The maximum absolute atomic E-state index is 14.1. The van der Waals surface area contributed by atoms with E-state index in [1.165, 1.54) is 11.8 Å². The predicted octanol–water partition coefficient (Wildman–Crippen LogP) is 5.72. The van der Waals surface area contributed by atoms with Gasteiger partial charge in [0.25, 0.3) is 5.56 Å². The zero-order valence-electron chi connectivity index (χ0n) is 20.3. The lowest BCUT2D eigenvalue weighted by Crippen LogP contribution is -2.34. The molecular formula is C27H26N2O5S2. The third kappa shape index (κ3) is 4.05. The Bertz CT molecular complexity index is 1510. The molecule has 9 heteroatoms. The van der Waals surface area contributed by atoms with Crippen molar-refractivity contribution in [3.05, 3.63) is 68.8 Å². The molecule has 0 fully saturated rings. The van der Waals surface area contributed by atoms with Gasteiger partial charge in [-0.2, -0.15) is 0 Å². The number of ether oxygens (including phenoxy) is 4. The molecule has 2 aromatic carbocycles. The monoisotopic (exact) mass is 522 g/mol. The van der Waals surface area contributed by atoms with Gasteiger partial charge in [0.1, 0.15) is 10.6 Å². The molecule has 4 aromatic rings. The van der Waals surface area contributed by atoms with Gasteiger partial charge in [-0.25, -0.2) is 4.98 Å². The summed E-state index contributed by atoms with van der Waals surface area (Å²) in [5.41, 5.74) is 2.59. The second-order valence-electron chi connectivity index (χ2n) is 9.16. The highest BCUT2D eigenvalue weighted by Gasteiger charge is 2.33. The maximum Gasteiger partial charge on any atom is 0.267 e. The van der Waals surface area contributed by atoms with Crippen LogP contribution in [0.1, 0.15) is 36.3 Å². The number of thioether (sulfide) groups is 1. The van der Waals surface area contributed by atoms with Gasteiger partial charge in [-0.3, -0.25) is 9.36 Å². The van der Waals surface area contributed by atoms with Crippen LogP contribution in [-0.4, -0.2) is 29.1 Å². The standard InChI is InChI=1S/C27H26N2O5S2/c1-4-27(2)12-19-22(13-34-27)36-24-23(19)25(30)29(17-6-8-18(31-3)9-7-17)26(28-24)35-14-16-5-10-20-21(11-16)33-15-32-20/h5-11H,4,12-15H2,1-3H3. The fraction of sp³-hybridized carbons (Fsp3) is 0.333. The summed E-state index contributed by atoms with van der Waals surface area (Å²) in [7, 11) is 1.63. The van der Waals surface area contributed by atoms with E-state index in [4.69, 9.17) is 23.9 Å². The third-order valence-corrected chi connectivity index (χ3v) is 8.97. The summed E-state index contributed by atoms with van der Waals surface area (Å²) < 4.78 is 24.2. The smallest absolute Gasteiger partial charge is 0.267 e. The fourth-order valence-electron chi connectivity index (χ4n) is 4.56. The van der Waals surface area contributed by atoms with E-state index >= 15 is 0 Å². The summed E-state index contributed by atoms with van der Waals surface area (Å²) in [5, 5.41) is 1.36. The summed E-state index contributed by atoms with van der Waals surface area (Å²) in [5.74, 6) is 2.87. The summed E-state index contributed by atoms with van der Waals surface area (Å²) in [4.78, 5) is 21.0. The molecule has 4 heterocycles. The Labute approximate surface area is 217 Å². The SMILES string of the molecule is CCC1(C)Cc2c(sc3nc(SCc4ccc5c(c4)OCO5)n(-c4ccc(OC)cc4)c(=O)c23)CO1. The number of fused-ring (bicyclic) bond motifs is 4. The zero-order chi connectivity index (χ0) is 24.9. The molecule has 186 valence electrons. The second-order valence-corrected chi connectivity index (χ2v) is 11.2. The fourth-order valence-corrected chi connectivity index (χ4v) is 6.66. The van der Waals surface area contributed by atoms with Crippen molar-refractivity contribution in [3.63, 3.8) is 0 Å². The highest BCUT2D eigenvalue weighted by molar-refractivity contribution is 7.98. The van der Waals surface area contributed by atoms with Crippen LogP contribution in [0.15, 0.2) is 52.4 Å². The van der Waals surface area contributed by atoms with Crippen molar-refractivity contribution in [2.75, 3.05) is 13.9 Å². The molecule has 1 unspecified atom stereocenters. The molecule has 0 N–H and O–H groups in total. The number of thiophene rings is 1. The van der Waals surface area contributed by atoms with Crippen molar-refractivity contribution in [2.45, 2.75) is 49.8 Å². The van der Waals surface area contributed by atoms with Crippen molar-refractivity contribution < 1.29 is 18.9 Å². The maximum atomic E-state index is 14.1. The first-order chi connectivity index (χ1) is 17.5. The van der Waals surface area contributed by atoms with Gasteiger partial charge in [-0.05, 0) is 60.9 Å². The molecule has 0 aliphatic carbocycles. The Hall–Kier alpha value is -3.01. The van der Waals surface area contributed by atoms with Crippen LogP contribution in [0.4, 0.5) is 0 Å². The number of rotatable bonds is 6. The quantitative estimate of drug-likeness (QED) is 0.237. The topological polar surface area (TPSA) is 71.8 Å². The van der Waals surface area contributed by atoms with Crippen LogP contribution in [0.3, 0.4) is 0 Å². The predicted molar refractivity (Wildman–Crippen MR) is 141 cm³/mol. The van der Waals surface area contributed by atoms with Gasteiger partial charge in [0.15, 0.2) is 16.7 Å². The third-order valence-electron chi connectivity index (χ3n) is 6.86. The van der Waals surface area contributed by atoms with Gasteiger partial charge in [0.2, 0.25) is 6.79 Å². The highest BCUT2D eigenvalue weighted by atomic mass is 32.2. The minimum absolute atomic E-state index is 0.0452. The van der Waals surface area contributed by atoms with Gasteiger partial charge in [-0.15, -0.1) is 11.3 Å². The van der Waals surface area contributed by atoms with Crippen molar-refractivity contribution in [3.8, 4) is 22.9 Å². The van der Waals surface area contributed by atoms with Crippen LogP contribution >= 0.6 is 23.1 Å². The van der Waals surface area contributed by atoms with E-state index in [2.05, 4.69) is 13.8 Å². The van der Waals surface area contributed by atoms with E-state index < -0.39 is 0 Å². The molecule has 36 heavy (non-hydrogen) atoms. The van der Waals surface area contributed by atoms with E-state index in [0.717, 1.165) is 50.2 Å².